The van der Waals surface area contributed by atoms with Crippen molar-refractivity contribution in [2.75, 3.05) is 11.5 Å². The second-order valence-corrected chi connectivity index (χ2v) is 8.92. The summed E-state index contributed by atoms with van der Waals surface area (Å²) in [4.78, 5) is 14.0. The monoisotopic (exact) mass is 314 g/mol. The Morgan fingerprint density at radius 3 is 2.80 bits per heavy atom. The van der Waals surface area contributed by atoms with Gasteiger partial charge in [0.2, 0.25) is 0 Å². The van der Waals surface area contributed by atoms with E-state index in [2.05, 4.69) is 0 Å². The van der Waals surface area contributed by atoms with Gasteiger partial charge in [-0.25, -0.2) is 13.2 Å². The first kappa shape index (κ1) is 14.1. The first-order valence-corrected chi connectivity index (χ1v) is 9.70. The molecule has 1 fully saturated rings. The molecule has 0 radical (unpaired) electrons. The molecule has 1 aromatic rings. The molecule has 0 N–H and O–H groups in total. The highest BCUT2D eigenvalue weighted by Crippen LogP contribution is 2.30. The molecular formula is C14H18O4S2. The predicted molar refractivity (Wildman–Crippen MR) is 78.1 cm³/mol. The van der Waals surface area contributed by atoms with Gasteiger partial charge in [0.05, 0.1) is 11.5 Å². The smallest absolute Gasteiger partial charge is 0.348 e. The number of carbonyl (C=O) groups is 1. The molecule has 1 aliphatic heterocycles. The molecule has 110 valence electrons. The molecule has 0 saturated carbocycles. The van der Waals surface area contributed by atoms with Gasteiger partial charge in [-0.1, -0.05) is 6.42 Å². The van der Waals surface area contributed by atoms with E-state index in [1.165, 1.54) is 41.0 Å². The van der Waals surface area contributed by atoms with E-state index in [1.807, 2.05) is 6.07 Å². The zero-order chi connectivity index (χ0) is 14.2. The van der Waals surface area contributed by atoms with Gasteiger partial charge in [0, 0.05) is 4.88 Å². The van der Waals surface area contributed by atoms with Gasteiger partial charge in [0.25, 0.3) is 0 Å². The van der Waals surface area contributed by atoms with Gasteiger partial charge in [0.1, 0.15) is 11.0 Å². The fraction of sp³-hybridized carbons (Fsp3) is 0.643. The molecule has 0 spiro atoms. The van der Waals surface area contributed by atoms with E-state index >= 15 is 0 Å². The van der Waals surface area contributed by atoms with E-state index in [-0.39, 0.29) is 17.5 Å². The Bertz CT molecular complexity index is 592. The largest absolute Gasteiger partial charge is 0.457 e. The van der Waals surface area contributed by atoms with Crippen LogP contribution in [-0.4, -0.2) is 32.0 Å². The summed E-state index contributed by atoms with van der Waals surface area (Å²) in [5, 5.41) is 0. The van der Waals surface area contributed by atoms with Crippen LogP contribution in [0, 0.1) is 0 Å². The summed E-state index contributed by atoms with van der Waals surface area (Å²) in [5.41, 5.74) is 1.28. The van der Waals surface area contributed by atoms with E-state index in [4.69, 9.17) is 4.74 Å². The molecular weight excluding hydrogens is 296 g/mol. The number of hydrogen-bond donors (Lipinski definition) is 0. The van der Waals surface area contributed by atoms with E-state index in [0.717, 1.165) is 12.8 Å². The molecule has 1 aromatic heterocycles. The lowest BCUT2D eigenvalue weighted by molar-refractivity contribution is 0.0362. The summed E-state index contributed by atoms with van der Waals surface area (Å²) in [7, 11) is -3.00. The van der Waals surface area contributed by atoms with Crippen molar-refractivity contribution in [2.45, 2.75) is 44.6 Å². The number of esters is 1. The van der Waals surface area contributed by atoms with Crippen LogP contribution in [0.1, 0.15) is 45.8 Å². The van der Waals surface area contributed by atoms with Crippen molar-refractivity contribution in [3.8, 4) is 0 Å². The fourth-order valence-electron chi connectivity index (χ4n) is 2.83. The van der Waals surface area contributed by atoms with E-state index in [0.29, 0.717) is 11.3 Å². The Kier molecular flexibility index (Phi) is 3.86. The molecule has 0 aromatic carbocycles. The SMILES string of the molecule is O=C(OC1CCS(=O)(=O)C1)c1cc2c(s1)CCCCC2. The second kappa shape index (κ2) is 5.48. The molecule has 3 rings (SSSR count). The Morgan fingerprint density at radius 2 is 2.05 bits per heavy atom. The third-order valence-electron chi connectivity index (χ3n) is 3.91. The highest BCUT2D eigenvalue weighted by molar-refractivity contribution is 7.91. The third kappa shape index (κ3) is 3.06. The van der Waals surface area contributed by atoms with Gasteiger partial charge >= 0.3 is 5.97 Å². The van der Waals surface area contributed by atoms with Crippen molar-refractivity contribution in [3.05, 3.63) is 21.4 Å². The first-order chi connectivity index (χ1) is 9.53. The lowest BCUT2D eigenvalue weighted by atomic mass is 10.1. The minimum Gasteiger partial charge on any atom is -0.457 e. The van der Waals surface area contributed by atoms with Gasteiger partial charge in [-0.2, -0.15) is 0 Å². The average Bonchev–Trinajstić information content (AvgIpc) is 2.86. The number of thiophene rings is 1. The van der Waals surface area contributed by atoms with Crippen molar-refractivity contribution in [1.29, 1.82) is 0 Å². The number of aryl methyl sites for hydroxylation is 2. The fourth-order valence-corrected chi connectivity index (χ4v) is 5.56. The Hall–Kier alpha value is -0.880. The van der Waals surface area contributed by atoms with Crippen molar-refractivity contribution >= 4 is 27.1 Å². The summed E-state index contributed by atoms with van der Waals surface area (Å²) in [6.07, 6.45) is 5.67. The second-order valence-electron chi connectivity index (χ2n) is 5.55. The molecule has 1 unspecified atom stereocenters. The Morgan fingerprint density at radius 1 is 1.25 bits per heavy atom. The highest BCUT2D eigenvalue weighted by atomic mass is 32.2. The zero-order valence-electron chi connectivity index (χ0n) is 11.3. The van der Waals surface area contributed by atoms with Crippen LogP contribution in [0.4, 0.5) is 0 Å². The van der Waals surface area contributed by atoms with Crippen LogP contribution in [0.15, 0.2) is 6.07 Å². The molecule has 0 bridgehead atoms. The van der Waals surface area contributed by atoms with Crippen molar-refractivity contribution in [3.63, 3.8) is 0 Å². The standard InChI is InChI=1S/C14H18O4S2/c15-14(18-11-6-7-20(16,17)9-11)13-8-10-4-2-1-3-5-12(10)19-13/h8,11H,1-7,9H2. The highest BCUT2D eigenvalue weighted by Gasteiger charge is 2.31. The number of sulfone groups is 1. The van der Waals surface area contributed by atoms with Crippen LogP contribution in [-0.2, 0) is 27.4 Å². The van der Waals surface area contributed by atoms with Crippen molar-refractivity contribution < 1.29 is 17.9 Å². The summed E-state index contributed by atoms with van der Waals surface area (Å²) in [6, 6.07) is 1.94. The minimum atomic E-state index is -3.00. The number of fused-ring (bicyclic) bond motifs is 1. The van der Waals surface area contributed by atoms with Crippen molar-refractivity contribution in [2.24, 2.45) is 0 Å². The topological polar surface area (TPSA) is 60.4 Å². The normalized spacial score (nSPS) is 24.9. The first-order valence-electron chi connectivity index (χ1n) is 7.06. The number of rotatable bonds is 2. The number of carbonyl (C=O) groups excluding carboxylic acids is 1. The summed E-state index contributed by atoms with van der Waals surface area (Å²) in [5.74, 6) is -0.249. The summed E-state index contributed by atoms with van der Waals surface area (Å²) < 4.78 is 28.1. The quantitative estimate of drug-likeness (QED) is 0.621. The number of ether oxygens (including phenoxy) is 1. The van der Waals surface area contributed by atoms with Gasteiger partial charge in [-0.15, -0.1) is 11.3 Å². The maximum atomic E-state index is 12.1. The summed E-state index contributed by atoms with van der Waals surface area (Å²) in [6.45, 7) is 0. The Balaban J connectivity index is 1.69. The number of hydrogen-bond acceptors (Lipinski definition) is 5. The van der Waals surface area contributed by atoms with E-state index in [1.54, 1.807) is 0 Å². The van der Waals surface area contributed by atoms with Crippen molar-refractivity contribution in [1.82, 2.24) is 0 Å². The molecule has 2 aliphatic rings. The van der Waals surface area contributed by atoms with Crippen LogP contribution in [0.2, 0.25) is 0 Å². The molecule has 1 aliphatic carbocycles. The van der Waals surface area contributed by atoms with Gasteiger partial charge in [-0.3, -0.25) is 0 Å². The molecule has 1 atom stereocenters. The molecule has 4 nitrogen and oxygen atoms in total. The summed E-state index contributed by atoms with van der Waals surface area (Å²) >= 11 is 1.52. The third-order valence-corrected chi connectivity index (χ3v) is 6.87. The van der Waals surface area contributed by atoms with Crippen LogP contribution in [0.3, 0.4) is 0 Å². The Labute approximate surface area is 123 Å². The zero-order valence-corrected chi connectivity index (χ0v) is 12.9. The molecule has 20 heavy (non-hydrogen) atoms. The van der Waals surface area contributed by atoms with Gasteiger partial charge in [-0.05, 0) is 43.7 Å². The maximum Gasteiger partial charge on any atom is 0.348 e. The van der Waals surface area contributed by atoms with Crippen LogP contribution in [0.25, 0.3) is 0 Å². The van der Waals surface area contributed by atoms with Crippen LogP contribution >= 0.6 is 11.3 Å². The van der Waals surface area contributed by atoms with Crippen LogP contribution < -0.4 is 0 Å². The molecule has 2 heterocycles. The minimum absolute atomic E-state index is 0.0240. The van der Waals surface area contributed by atoms with E-state index < -0.39 is 15.9 Å². The molecule has 6 heteroatoms. The van der Waals surface area contributed by atoms with E-state index in [9.17, 15) is 13.2 Å². The van der Waals surface area contributed by atoms with Crippen LogP contribution in [0.5, 0.6) is 0 Å². The maximum absolute atomic E-state index is 12.1. The van der Waals surface area contributed by atoms with Gasteiger partial charge < -0.3 is 4.74 Å². The molecule has 1 saturated heterocycles. The lowest BCUT2D eigenvalue weighted by Gasteiger charge is -2.08. The lowest BCUT2D eigenvalue weighted by Crippen LogP contribution is -2.18. The predicted octanol–water partition coefficient (Wildman–Crippen LogP) is 2.36. The average molecular weight is 314 g/mol. The molecule has 0 amide bonds. The van der Waals surface area contributed by atoms with Gasteiger partial charge in [0.15, 0.2) is 9.84 Å².